The number of esters is 2. The van der Waals surface area contributed by atoms with Gasteiger partial charge in [-0.1, -0.05) is 13.8 Å². The number of carbonyl (C=O) groups is 3. The number of ketones is 1. The lowest BCUT2D eigenvalue weighted by Gasteiger charge is -2.34. The molecule has 0 bridgehead atoms. The van der Waals surface area contributed by atoms with E-state index in [0.717, 1.165) is 0 Å². The van der Waals surface area contributed by atoms with Gasteiger partial charge in [0, 0.05) is 10.5 Å². The van der Waals surface area contributed by atoms with Gasteiger partial charge in [0.2, 0.25) is 0 Å². The van der Waals surface area contributed by atoms with Gasteiger partial charge in [-0.25, -0.2) is 0 Å². The Bertz CT molecular complexity index is 336. The maximum atomic E-state index is 12.4. The average molecular weight is 288 g/mol. The third-order valence-electron chi connectivity index (χ3n) is 3.06. The molecule has 0 amide bonds. The van der Waals surface area contributed by atoms with Crippen molar-refractivity contribution in [2.75, 3.05) is 13.2 Å². The second-order valence-electron chi connectivity index (χ2n) is 4.41. The minimum Gasteiger partial charge on any atom is -0.465 e. The second kappa shape index (κ2) is 6.93. The van der Waals surface area contributed by atoms with Crippen molar-refractivity contribution in [1.29, 1.82) is 0 Å². The molecule has 1 aliphatic rings. The zero-order valence-electron chi connectivity index (χ0n) is 11.7. The van der Waals surface area contributed by atoms with E-state index in [1.807, 2.05) is 13.8 Å². The van der Waals surface area contributed by atoms with Crippen LogP contribution >= 0.6 is 11.8 Å². The number of rotatable bonds is 4. The quantitative estimate of drug-likeness (QED) is 0.576. The highest BCUT2D eigenvalue weighted by Crippen LogP contribution is 2.38. The molecule has 6 heteroatoms. The first-order valence-electron chi connectivity index (χ1n) is 6.46. The number of carbonyl (C=O) groups excluding carboxylic acids is 3. The molecule has 4 atom stereocenters. The smallest absolute Gasteiger partial charge is 0.317 e. The van der Waals surface area contributed by atoms with E-state index in [0.29, 0.717) is 0 Å². The van der Waals surface area contributed by atoms with Crippen LogP contribution in [0.15, 0.2) is 0 Å². The third-order valence-corrected chi connectivity index (χ3v) is 4.47. The summed E-state index contributed by atoms with van der Waals surface area (Å²) in [4.78, 5) is 36.1. The Labute approximate surface area is 117 Å². The zero-order valence-corrected chi connectivity index (χ0v) is 12.5. The fourth-order valence-electron chi connectivity index (χ4n) is 2.23. The molecule has 0 aromatic carbocycles. The topological polar surface area (TPSA) is 69.7 Å². The monoisotopic (exact) mass is 288 g/mol. The third kappa shape index (κ3) is 3.49. The molecule has 1 rings (SSSR count). The Hall–Kier alpha value is -1.04. The van der Waals surface area contributed by atoms with Gasteiger partial charge in [0.05, 0.1) is 13.2 Å². The van der Waals surface area contributed by atoms with Crippen molar-refractivity contribution in [2.45, 2.75) is 38.2 Å². The van der Waals surface area contributed by atoms with Gasteiger partial charge in [0.1, 0.15) is 11.8 Å². The fourth-order valence-corrected chi connectivity index (χ4v) is 3.71. The number of Topliss-reactive ketones (excluding diaryl/α,β-unsaturated/α-hetero) is 1. The maximum Gasteiger partial charge on any atom is 0.317 e. The molecule has 0 aliphatic carbocycles. The highest BCUT2D eigenvalue weighted by atomic mass is 32.2. The lowest BCUT2D eigenvalue weighted by Crippen LogP contribution is -2.48. The van der Waals surface area contributed by atoms with Crippen molar-refractivity contribution < 1.29 is 23.9 Å². The van der Waals surface area contributed by atoms with Crippen LogP contribution in [-0.4, -0.2) is 41.4 Å². The van der Waals surface area contributed by atoms with Gasteiger partial charge in [0.15, 0.2) is 5.78 Å². The van der Waals surface area contributed by atoms with E-state index in [1.165, 1.54) is 11.8 Å². The molecule has 1 saturated heterocycles. The summed E-state index contributed by atoms with van der Waals surface area (Å²) in [5.41, 5.74) is 0. The molecular formula is C13H20O5S. The molecule has 0 radical (unpaired) electrons. The predicted molar refractivity (Wildman–Crippen MR) is 71.8 cm³/mol. The SMILES string of the molecule is CCOC(=O)[C@@H]1C(=O)[C@H](C(=O)OCC)[C@@H](C)S[C@H]1C. The van der Waals surface area contributed by atoms with E-state index in [2.05, 4.69) is 0 Å². The van der Waals surface area contributed by atoms with Crippen LogP contribution in [0.4, 0.5) is 0 Å². The Morgan fingerprint density at radius 1 is 1.00 bits per heavy atom. The Morgan fingerprint density at radius 2 is 1.37 bits per heavy atom. The summed E-state index contributed by atoms with van der Waals surface area (Å²) in [6, 6.07) is 0. The first-order valence-corrected chi connectivity index (χ1v) is 7.40. The van der Waals surface area contributed by atoms with Crippen molar-refractivity contribution in [2.24, 2.45) is 11.8 Å². The summed E-state index contributed by atoms with van der Waals surface area (Å²) in [5.74, 6) is -3.23. The minimum atomic E-state index is -0.879. The summed E-state index contributed by atoms with van der Waals surface area (Å²) in [7, 11) is 0. The van der Waals surface area contributed by atoms with Crippen molar-refractivity contribution in [3.8, 4) is 0 Å². The Morgan fingerprint density at radius 3 is 1.68 bits per heavy atom. The molecule has 0 aromatic heterocycles. The van der Waals surface area contributed by atoms with Gasteiger partial charge in [-0.05, 0) is 13.8 Å². The van der Waals surface area contributed by atoms with Gasteiger partial charge in [-0.3, -0.25) is 14.4 Å². The van der Waals surface area contributed by atoms with Gasteiger partial charge in [-0.2, -0.15) is 11.8 Å². The zero-order chi connectivity index (χ0) is 14.6. The van der Waals surface area contributed by atoms with E-state index in [4.69, 9.17) is 9.47 Å². The lowest BCUT2D eigenvalue weighted by atomic mass is 9.87. The van der Waals surface area contributed by atoms with E-state index >= 15 is 0 Å². The molecular weight excluding hydrogens is 268 g/mol. The Balaban J connectivity index is 2.92. The first-order chi connectivity index (χ1) is 8.93. The first kappa shape index (κ1) is 16.0. The normalized spacial score (nSPS) is 30.8. The number of thioether (sulfide) groups is 1. The van der Waals surface area contributed by atoms with Crippen LogP contribution in [-0.2, 0) is 23.9 Å². The Kier molecular flexibility index (Phi) is 5.85. The molecule has 108 valence electrons. The minimum absolute atomic E-state index is 0.188. The second-order valence-corrected chi connectivity index (χ2v) is 6.17. The highest BCUT2D eigenvalue weighted by Gasteiger charge is 2.48. The molecule has 0 N–H and O–H groups in total. The maximum absolute atomic E-state index is 12.4. The van der Waals surface area contributed by atoms with Crippen LogP contribution in [0.2, 0.25) is 0 Å². The summed E-state index contributed by atoms with van der Waals surface area (Å²) < 4.78 is 9.84. The van der Waals surface area contributed by atoms with Gasteiger partial charge < -0.3 is 9.47 Å². The number of hydrogen-bond donors (Lipinski definition) is 0. The van der Waals surface area contributed by atoms with E-state index in [1.54, 1.807) is 13.8 Å². The number of ether oxygens (including phenoxy) is 2. The van der Waals surface area contributed by atoms with Gasteiger partial charge >= 0.3 is 11.9 Å². The number of hydrogen-bond acceptors (Lipinski definition) is 6. The standard InChI is InChI=1S/C13H20O5S/c1-5-17-12(15)9-7(3)19-8(4)10(11(9)14)13(16)18-6-2/h7-10H,5-6H2,1-4H3/t7-,8+,9-,10+. The molecule has 0 spiro atoms. The summed E-state index contributed by atoms with van der Waals surface area (Å²) >= 11 is 1.45. The molecule has 1 heterocycles. The summed E-state index contributed by atoms with van der Waals surface area (Å²) in [5, 5.41) is -0.376. The molecule has 5 nitrogen and oxygen atoms in total. The highest BCUT2D eigenvalue weighted by molar-refractivity contribution is 8.00. The molecule has 1 aliphatic heterocycles. The van der Waals surface area contributed by atoms with Crippen LogP contribution in [0, 0.1) is 11.8 Å². The van der Waals surface area contributed by atoms with E-state index in [-0.39, 0.29) is 29.5 Å². The molecule has 0 unspecified atom stereocenters. The molecule has 0 aromatic rings. The summed E-state index contributed by atoms with van der Waals surface area (Å²) in [6.45, 7) is 7.44. The molecule has 0 saturated carbocycles. The molecule has 1 fully saturated rings. The van der Waals surface area contributed by atoms with Crippen LogP contribution in [0.3, 0.4) is 0 Å². The largest absolute Gasteiger partial charge is 0.465 e. The van der Waals surface area contributed by atoms with Gasteiger partial charge in [0.25, 0.3) is 0 Å². The van der Waals surface area contributed by atoms with Crippen molar-refractivity contribution in [3.63, 3.8) is 0 Å². The lowest BCUT2D eigenvalue weighted by molar-refractivity contribution is -0.157. The van der Waals surface area contributed by atoms with Gasteiger partial charge in [-0.15, -0.1) is 0 Å². The van der Waals surface area contributed by atoms with Crippen molar-refractivity contribution in [3.05, 3.63) is 0 Å². The van der Waals surface area contributed by atoms with Crippen molar-refractivity contribution in [1.82, 2.24) is 0 Å². The van der Waals surface area contributed by atoms with Crippen LogP contribution in [0.5, 0.6) is 0 Å². The predicted octanol–water partition coefficient (Wildman–Crippen LogP) is 1.44. The van der Waals surface area contributed by atoms with Crippen LogP contribution < -0.4 is 0 Å². The van der Waals surface area contributed by atoms with Crippen LogP contribution in [0.25, 0.3) is 0 Å². The van der Waals surface area contributed by atoms with Crippen LogP contribution in [0.1, 0.15) is 27.7 Å². The fraction of sp³-hybridized carbons (Fsp3) is 0.769. The molecule has 19 heavy (non-hydrogen) atoms. The van der Waals surface area contributed by atoms with E-state index < -0.39 is 23.8 Å². The van der Waals surface area contributed by atoms with E-state index in [9.17, 15) is 14.4 Å². The van der Waals surface area contributed by atoms with Crippen molar-refractivity contribution >= 4 is 29.5 Å². The average Bonchev–Trinajstić information content (AvgIpc) is 2.28. The summed E-state index contributed by atoms with van der Waals surface area (Å²) in [6.07, 6.45) is 0.